The van der Waals surface area contributed by atoms with Gasteiger partial charge in [0.15, 0.2) is 0 Å². The first-order valence-electron chi connectivity index (χ1n) is 5.70. The minimum Gasteiger partial charge on any atom is -0.383 e. The van der Waals surface area contributed by atoms with Gasteiger partial charge in [-0.1, -0.05) is 6.92 Å². The molecule has 0 aliphatic heterocycles. The highest BCUT2D eigenvalue weighted by Crippen LogP contribution is 2.17. The molecule has 0 radical (unpaired) electrons. The van der Waals surface area contributed by atoms with Crippen LogP contribution in [0.15, 0.2) is 17.2 Å². The lowest BCUT2D eigenvalue weighted by Crippen LogP contribution is -2.38. The molecule has 0 bridgehead atoms. The lowest BCUT2D eigenvalue weighted by molar-refractivity contribution is 0.0886. The Kier molecular flexibility index (Phi) is 5.39. The summed E-state index contributed by atoms with van der Waals surface area (Å²) in [4.78, 5) is 11.9. The van der Waals surface area contributed by atoms with E-state index in [-0.39, 0.29) is 22.5 Å². The summed E-state index contributed by atoms with van der Waals surface area (Å²) in [7, 11) is 4.54. The average molecular weight is 309 g/mol. The first-order valence-corrected chi connectivity index (χ1v) is 8.01. The second-order valence-corrected chi connectivity index (χ2v) is 6.71. The maximum atomic E-state index is 12.0. The molecule has 0 fully saturated rings. The Morgan fingerprint density at radius 1 is 1.58 bits per heavy atom. The summed E-state index contributed by atoms with van der Waals surface area (Å²) in [6, 6.07) is 1.13. The molecular formula is C11H17ClN2O4S. The van der Waals surface area contributed by atoms with Gasteiger partial charge in [-0.3, -0.25) is 4.79 Å². The molecule has 1 N–H and O–H groups in total. The van der Waals surface area contributed by atoms with Crippen molar-refractivity contribution in [1.29, 1.82) is 0 Å². The molecule has 0 aliphatic rings. The van der Waals surface area contributed by atoms with Crippen molar-refractivity contribution < 1.29 is 17.9 Å². The molecule has 6 nitrogen and oxygen atoms in total. The molecule has 1 aromatic heterocycles. The summed E-state index contributed by atoms with van der Waals surface area (Å²) >= 11 is 0. The van der Waals surface area contributed by atoms with Crippen LogP contribution in [0.5, 0.6) is 0 Å². The molecule has 1 rings (SSSR count). The van der Waals surface area contributed by atoms with Crippen molar-refractivity contribution in [2.75, 3.05) is 13.7 Å². The van der Waals surface area contributed by atoms with Crippen LogP contribution in [-0.4, -0.2) is 38.7 Å². The van der Waals surface area contributed by atoms with Crippen LogP contribution in [0.2, 0.25) is 0 Å². The maximum absolute atomic E-state index is 12.0. The van der Waals surface area contributed by atoms with Gasteiger partial charge in [0, 0.05) is 31.0 Å². The zero-order valence-corrected chi connectivity index (χ0v) is 12.6. The van der Waals surface area contributed by atoms with Crippen LogP contribution in [0.3, 0.4) is 0 Å². The van der Waals surface area contributed by atoms with Crippen LogP contribution in [-0.2, 0) is 20.8 Å². The fourth-order valence-corrected chi connectivity index (χ4v) is 2.40. The van der Waals surface area contributed by atoms with Gasteiger partial charge in [0.25, 0.3) is 15.0 Å². The molecule has 1 amide bonds. The van der Waals surface area contributed by atoms with E-state index in [0.29, 0.717) is 13.0 Å². The summed E-state index contributed by atoms with van der Waals surface area (Å²) in [6.45, 7) is 2.32. The number of hydrogen-bond acceptors (Lipinski definition) is 4. The quantitative estimate of drug-likeness (QED) is 0.799. The van der Waals surface area contributed by atoms with E-state index < -0.39 is 9.05 Å². The number of rotatable bonds is 6. The number of carbonyl (C=O) groups excluding carboxylic acids is 1. The van der Waals surface area contributed by atoms with Crippen molar-refractivity contribution in [3.05, 3.63) is 18.0 Å². The van der Waals surface area contributed by atoms with Gasteiger partial charge in [-0.2, -0.15) is 0 Å². The second-order valence-electron chi connectivity index (χ2n) is 4.14. The standard InChI is InChI=1S/C11H17ClN2O4S/c1-4-8(7-18-3)13-11(15)10-5-9(6-14(10)2)19(12,16)17/h5-6,8H,4,7H2,1-3H3,(H,13,15). The van der Waals surface area contributed by atoms with Gasteiger partial charge in [-0.05, 0) is 12.5 Å². The highest BCUT2D eigenvalue weighted by Gasteiger charge is 2.20. The number of methoxy groups -OCH3 is 1. The molecular weight excluding hydrogens is 292 g/mol. The highest BCUT2D eigenvalue weighted by molar-refractivity contribution is 8.13. The van der Waals surface area contributed by atoms with E-state index in [1.807, 2.05) is 6.92 Å². The van der Waals surface area contributed by atoms with E-state index in [0.717, 1.165) is 0 Å². The predicted molar refractivity (Wildman–Crippen MR) is 71.9 cm³/mol. The van der Waals surface area contributed by atoms with Gasteiger partial charge in [0.2, 0.25) is 0 Å². The normalized spacial score (nSPS) is 13.3. The smallest absolute Gasteiger partial charge is 0.268 e. The summed E-state index contributed by atoms with van der Waals surface area (Å²) in [5.74, 6) is -0.363. The van der Waals surface area contributed by atoms with Gasteiger partial charge in [0.05, 0.1) is 12.6 Å². The first kappa shape index (κ1) is 16.0. The molecule has 0 aliphatic carbocycles. The van der Waals surface area contributed by atoms with Crippen molar-refractivity contribution in [1.82, 2.24) is 9.88 Å². The largest absolute Gasteiger partial charge is 0.383 e. The number of amides is 1. The van der Waals surface area contributed by atoms with Crippen molar-refractivity contribution in [3.63, 3.8) is 0 Å². The number of halogens is 1. The Morgan fingerprint density at radius 2 is 2.21 bits per heavy atom. The minimum atomic E-state index is -3.84. The van der Waals surface area contributed by atoms with Crippen LogP contribution in [0.4, 0.5) is 0 Å². The molecule has 1 unspecified atom stereocenters. The number of carbonyl (C=O) groups is 1. The topological polar surface area (TPSA) is 77.4 Å². The van der Waals surface area contributed by atoms with Gasteiger partial charge < -0.3 is 14.6 Å². The number of ether oxygens (including phenoxy) is 1. The molecule has 0 aromatic carbocycles. The third-order valence-electron chi connectivity index (χ3n) is 2.69. The van der Waals surface area contributed by atoms with Crippen LogP contribution in [0.1, 0.15) is 23.8 Å². The lowest BCUT2D eigenvalue weighted by atomic mass is 10.2. The third-order valence-corrected chi connectivity index (χ3v) is 4.01. The number of hydrogen-bond donors (Lipinski definition) is 1. The number of nitrogens with one attached hydrogen (secondary N) is 1. The van der Waals surface area contributed by atoms with Crippen molar-refractivity contribution in [2.24, 2.45) is 7.05 Å². The van der Waals surface area contributed by atoms with E-state index in [1.54, 1.807) is 14.2 Å². The van der Waals surface area contributed by atoms with Crippen LogP contribution < -0.4 is 5.32 Å². The molecule has 19 heavy (non-hydrogen) atoms. The highest BCUT2D eigenvalue weighted by atomic mass is 35.7. The number of nitrogens with zero attached hydrogens (tertiary/aromatic N) is 1. The van der Waals surface area contributed by atoms with E-state index in [9.17, 15) is 13.2 Å². The Morgan fingerprint density at radius 3 is 2.63 bits per heavy atom. The molecule has 8 heteroatoms. The zero-order valence-electron chi connectivity index (χ0n) is 11.0. The monoisotopic (exact) mass is 308 g/mol. The van der Waals surface area contributed by atoms with Gasteiger partial charge >= 0.3 is 0 Å². The molecule has 108 valence electrons. The Labute approximate surface area is 117 Å². The fraction of sp³-hybridized carbons (Fsp3) is 0.545. The predicted octanol–water partition coefficient (Wildman–Crippen LogP) is 1.11. The summed E-state index contributed by atoms with van der Waals surface area (Å²) in [5.41, 5.74) is 0.230. The van der Waals surface area contributed by atoms with E-state index in [1.165, 1.54) is 16.8 Å². The summed E-state index contributed by atoms with van der Waals surface area (Å²) in [6.07, 6.45) is 2.01. The van der Waals surface area contributed by atoms with E-state index >= 15 is 0 Å². The number of aryl methyl sites for hydroxylation is 1. The van der Waals surface area contributed by atoms with E-state index in [4.69, 9.17) is 15.4 Å². The minimum absolute atomic E-state index is 0.0957. The average Bonchev–Trinajstić information content (AvgIpc) is 2.70. The fourth-order valence-electron chi connectivity index (χ4n) is 1.62. The maximum Gasteiger partial charge on any atom is 0.268 e. The molecule has 1 heterocycles. The first-order chi connectivity index (χ1) is 8.79. The summed E-state index contributed by atoms with van der Waals surface area (Å²) in [5, 5.41) is 2.77. The van der Waals surface area contributed by atoms with Gasteiger partial charge in [0.1, 0.15) is 10.6 Å². The Balaban J connectivity index is 2.91. The van der Waals surface area contributed by atoms with Gasteiger partial charge in [-0.25, -0.2) is 8.42 Å². The molecule has 1 atom stereocenters. The van der Waals surface area contributed by atoms with Crippen molar-refractivity contribution >= 4 is 25.6 Å². The van der Waals surface area contributed by atoms with E-state index in [2.05, 4.69) is 5.32 Å². The Hall–Kier alpha value is -1.05. The molecule has 0 spiro atoms. The van der Waals surface area contributed by atoms with Crippen molar-refractivity contribution in [2.45, 2.75) is 24.3 Å². The Bertz CT molecular complexity index is 553. The van der Waals surface area contributed by atoms with Crippen molar-refractivity contribution in [3.8, 4) is 0 Å². The zero-order chi connectivity index (χ0) is 14.6. The number of aromatic nitrogens is 1. The molecule has 0 saturated carbocycles. The third kappa shape index (κ3) is 4.22. The van der Waals surface area contributed by atoms with Crippen LogP contribution >= 0.6 is 10.7 Å². The molecule has 0 saturated heterocycles. The van der Waals surface area contributed by atoms with Gasteiger partial charge in [-0.15, -0.1) is 0 Å². The summed E-state index contributed by atoms with van der Waals surface area (Å²) < 4.78 is 28.8. The second kappa shape index (κ2) is 6.40. The molecule has 1 aromatic rings. The van der Waals surface area contributed by atoms with Crippen LogP contribution in [0.25, 0.3) is 0 Å². The lowest BCUT2D eigenvalue weighted by Gasteiger charge is -2.15. The SMILES string of the molecule is CCC(COC)NC(=O)c1cc(S(=O)(=O)Cl)cn1C. The van der Waals surface area contributed by atoms with Crippen LogP contribution in [0, 0.1) is 0 Å².